The highest BCUT2D eigenvalue weighted by Crippen LogP contribution is 2.12. The zero-order valence-corrected chi connectivity index (χ0v) is 10.3. The lowest BCUT2D eigenvalue weighted by molar-refractivity contribution is 0.359. The molecule has 0 aliphatic rings. The van der Waals surface area contributed by atoms with Crippen LogP contribution in [0.3, 0.4) is 0 Å². The van der Waals surface area contributed by atoms with Crippen LogP contribution in [0.25, 0.3) is 0 Å². The first-order valence-corrected chi connectivity index (χ1v) is 5.54. The summed E-state index contributed by atoms with van der Waals surface area (Å²) in [6.45, 7) is 6.09. The number of halogens is 1. The third-order valence-electron chi connectivity index (χ3n) is 1.72. The molecule has 0 bridgehead atoms. The van der Waals surface area contributed by atoms with Crippen molar-refractivity contribution < 1.29 is 4.74 Å². The first kappa shape index (κ1) is 12.2. The Morgan fingerprint density at radius 3 is 2.87 bits per heavy atom. The molecule has 3 nitrogen and oxygen atoms in total. The van der Waals surface area contributed by atoms with E-state index in [1.807, 2.05) is 19.1 Å². The Morgan fingerprint density at radius 1 is 1.67 bits per heavy atom. The molecule has 0 aromatic carbocycles. The lowest BCUT2D eigenvalue weighted by atomic mass is 10.2. The molecule has 0 spiro atoms. The van der Waals surface area contributed by atoms with Crippen LogP contribution < -0.4 is 10.5 Å². The molecule has 15 heavy (non-hydrogen) atoms. The van der Waals surface area contributed by atoms with Crippen LogP contribution in [0.1, 0.15) is 12.6 Å². The standard InChI is InChI=1S/C11H15BrN2O/c1-8(12)7-15-11-4-3-10(14-6-11)5-9(2)13/h3-4,6,9H,1,5,7,13H2,2H3. The van der Waals surface area contributed by atoms with Gasteiger partial charge in [-0.2, -0.15) is 0 Å². The molecular weight excluding hydrogens is 256 g/mol. The minimum absolute atomic E-state index is 0.131. The van der Waals surface area contributed by atoms with E-state index < -0.39 is 0 Å². The van der Waals surface area contributed by atoms with Crippen LogP contribution in [0.15, 0.2) is 29.4 Å². The van der Waals surface area contributed by atoms with Crippen molar-refractivity contribution in [2.75, 3.05) is 6.61 Å². The molecule has 1 unspecified atom stereocenters. The molecule has 1 rings (SSSR count). The quantitative estimate of drug-likeness (QED) is 0.893. The van der Waals surface area contributed by atoms with Crippen LogP contribution in [-0.4, -0.2) is 17.6 Å². The van der Waals surface area contributed by atoms with Crippen molar-refractivity contribution in [1.29, 1.82) is 0 Å². The van der Waals surface area contributed by atoms with E-state index in [1.165, 1.54) is 0 Å². The number of nitrogens with two attached hydrogens (primary N) is 1. The number of hydrogen-bond acceptors (Lipinski definition) is 3. The third-order valence-corrected chi connectivity index (χ3v) is 1.95. The lowest BCUT2D eigenvalue weighted by Gasteiger charge is -2.07. The number of aromatic nitrogens is 1. The summed E-state index contributed by atoms with van der Waals surface area (Å²) in [4.78, 5) is 4.25. The smallest absolute Gasteiger partial charge is 0.138 e. The van der Waals surface area contributed by atoms with Gasteiger partial charge in [0.1, 0.15) is 12.4 Å². The molecule has 0 fully saturated rings. The number of hydrogen-bond donors (Lipinski definition) is 1. The second kappa shape index (κ2) is 5.88. The maximum absolute atomic E-state index is 5.67. The van der Waals surface area contributed by atoms with E-state index in [0.29, 0.717) is 6.61 Å². The number of rotatable bonds is 5. The van der Waals surface area contributed by atoms with Gasteiger partial charge in [-0.05, 0) is 19.1 Å². The maximum atomic E-state index is 5.67. The first-order valence-electron chi connectivity index (χ1n) is 4.74. The van der Waals surface area contributed by atoms with Gasteiger partial charge in [0.05, 0.1) is 6.20 Å². The zero-order valence-electron chi connectivity index (χ0n) is 8.74. The van der Waals surface area contributed by atoms with Gasteiger partial charge in [-0.1, -0.05) is 22.5 Å². The van der Waals surface area contributed by atoms with Crippen LogP contribution >= 0.6 is 15.9 Å². The van der Waals surface area contributed by atoms with Gasteiger partial charge in [-0.3, -0.25) is 4.98 Å². The van der Waals surface area contributed by atoms with Crippen LogP contribution in [-0.2, 0) is 6.42 Å². The van der Waals surface area contributed by atoms with Crippen LogP contribution in [0, 0.1) is 0 Å². The lowest BCUT2D eigenvalue weighted by Crippen LogP contribution is -2.18. The summed E-state index contributed by atoms with van der Waals surface area (Å²) in [5.41, 5.74) is 6.65. The monoisotopic (exact) mass is 270 g/mol. The van der Waals surface area contributed by atoms with E-state index in [-0.39, 0.29) is 6.04 Å². The van der Waals surface area contributed by atoms with Crippen LogP contribution in [0.5, 0.6) is 5.75 Å². The number of pyridine rings is 1. The van der Waals surface area contributed by atoms with Gasteiger partial charge in [-0.25, -0.2) is 0 Å². The van der Waals surface area contributed by atoms with Crippen molar-refractivity contribution in [1.82, 2.24) is 4.98 Å². The molecule has 4 heteroatoms. The molecule has 0 aliphatic carbocycles. The minimum Gasteiger partial charge on any atom is -0.487 e. The van der Waals surface area contributed by atoms with Gasteiger partial charge in [0.2, 0.25) is 0 Å². The molecular formula is C11H15BrN2O. The Kier molecular flexibility index (Phi) is 4.78. The molecule has 82 valence electrons. The molecule has 0 radical (unpaired) electrons. The summed E-state index contributed by atoms with van der Waals surface area (Å²) in [7, 11) is 0. The van der Waals surface area contributed by atoms with Gasteiger partial charge in [0, 0.05) is 22.6 Å². The van der Waals surface area contributed by atoms with E-state index in [0.717, 1.165) is 22.3 Å². The summed E-state index contributed by atoms with van der Waals surface area (Å²) in [6.07, 6.45) is 2.49. The molecule has 0 saturated carbocycles. The zero-order chi connectivity index (χ0) is 11.3. The Bertz CT molecular complexity index is 322. The third kappa shape index (κ3) is 4.95. The van der Waals surface area contributed by atoms with Crippen molar-refractivity contribution in [2.45, 2.75) is 19.4 Å². The Labute approximate surface area is 98.5 Å². The fourth-order valence-corrected chi connectivity index (χ4v) is 1.22. The predicted octanol–water partition coefficient (Wildman–Crippen LogP) is 2.26. The van der Waals surface area contributed by atoms with Crippen molar-refractivity contribution >= 4 is 15.9 Å². The largest absolute Gasteiger partial charge is 0.487 e. The van der Waals surface area contributed by atoms with E-state index in [4.69, 9.17) is 10.5 Å². The fraction of sp³-hybridized carbons (Fsp3) is 0.364. The second-order valence-electron chi connectivity index (χ2n) is 3.47. The summed E-state index contributed by atoms with van der Waals surface area (Å²) in [5, 5.41) is 0. The van der Waals surface area contributed by atoms with E-state index in [1.54, 1.807) is 6.20 Å². The van der Waals surface area contributed by atoms with E-state index in [2.05, 4.69) is 27.5 Å². The SMILES string of the molecule is C=C(Br)COc1ccc(CC(C)N)nc1. The van der Waals surface area contributed by atoms with Gasteiger partial charge < -0.3 is 10.5 Å². The van der Waals surface area contributed by atoms with Crippen LogP contribution in [0.4, 0.5) is 0 Å². The summed E-state index contributed by atoms with van der Waals surface area (Å²) < 4.78 is 6.19. The molecule has 1 heterocycles. The highest BCUT2D eigenvalue weighted by Gasteiger charge is 2.00. The number of nitrogens with zero attached hydrogens (tertiary/aromatic N) is 1. The maximum Gasteiger partial charge on any atom is 0.138 e. The van der Waals surface area contributed by atoms with Gasteiger partial charge in [-0.15, -0.1) is 0 Å². The summed E-state index contributed by atoms with van der Waals surface area (Å²) in [6, 6.07) is 3.95. The van der Waals surface area contributed by atoms with E-state index >= 15 is 0 Å². The average Bonchev–Trinajstić information content (AvgIpc) is 2.16. The minimum atomic E-state index is 0.131. The summed E-state index contributed by atoms with van der Waals surface area (Å²) >= 11 is 3.22. The van der Waals surface area contributed by atoms with Crippen molar-refractivity contribution in [3.63, 3.8) is 0 Å². The van der Waals surface area contributed by atoms with Gasteiger partial charge in [0.25, 0.3) is 0 Å². The predicted molar refractivity (Wildman–Crippen MR) is 65.2 cm³/mol. The highest BCUT2D eigenvalue weighted by atomic mass is 79.9. The number of ether oxygens (including phenoxy) is 1. The summed E-state index contributed by atoms with van der Waals surface area (Å²) in [5.74, 6) is 0.740. The molecule has 1 aromatic heterocycles. The Hall–Kier alpha value is -0.870. The normalized spacial score (nSPS) is 12.2. The van der Waals surface area contributed by atoms with Gasteiger partial charge >= 0.3 is 0 Å². The topological polar surface area (TPSA) is 48.1 Å². The fourth-order valence-electron chi connectivity index (χ4n) is 1.11. The molecule has 1 aromatic rings. The molecule has 1 atom stereocenters. The van der Waals surface area contributed by atoms with Crippen molar-refractivity contribution in [3.8, 4) is 5.75 Å². The Morgan fingerprint density at radius 2 is 2.40 bits per heavy atom. The Balaban J connectivity index is 2.52. The van der Waals surface area contributed by atoms with Crippen molar-refractivity contribution in [2.24, 2.45) is 5.73 Å². The molecule has 2 N–H and O–H groups in total. The van der Waals surface area contributed by atoms with Crippen molar-refractivity contribution in [3.05, 3.63) is 35.1 Å². The molecule has 0 amide bonds. The van der Waals surface area contributed by atoms with Gasteiger partial charge in [0.15, 0.2) is 0 Å². The highest BCUT2D eigenvalue weighted by molar-refractivity contribution is 9.11. The molecule has 0 saturated heterocycles. The molecule has 0 aliphatic heterocycles. The first-order chi connectivity index (χ1) is 7.08. The van der Waals surface area contributed by atoms with Crippen LogP contribution in [0.2, 0.25) is 0 Å². The van der Waals surface area contributed by atoms with E-state index in [9.17, 15) is 0 Å². The second-order valence-corrected chi connectivity index (χ2v) is 4.59. The average molecular weight is 271 g/mol.